The minimum Gasteiger partial charge on any atom is -0.490 e. The van der Waals surface area contributed by atoms with Gasteiger partial charge in [0.05, 0.1) is 35.2 Å². The van der Waals surface area contributed by atoms with E-state index in [2.05, 4.69) is 10.3 Å². The van der Waals surface area contributed by atoms with Crippen LogP contribution in [-0.2, 0) is 6.61 Å². The Kier molecular flexibility index (Phi) is 4.79. The highest BCUT2D eigenvalue weighted by Crippen LogP contribution is 2.29. The van der Waals surface area contributed by atoms with Crippen molar-refractivity contribution in [1.82, 2.24) is 4.98 Å². The molecule has 1 saturated carbocycles. The largest absolute Gasteiger partial charge is 0.490 e. The number of nitrogens with zero attached hydrogens (tertiary/aromatic N) is 1. The van der Waals surface area contributed by atoms with Gasteiger partial charge in [0.1, 0.15) is 5.75 Å². The first-order valence-corrected chi connectivity index (χ1v) is 7.86. The average molecular weight is 333 g/mol. The van der Waals surface area contributed by atoms with Crippen molar-refractivity contribution in [3.63, 3.8) is 0 Å². The van der Waals surface area contributed by atoms with Crippen LogP contribution in [0.25, 0.3) is 0 Å². The van der Waals surface area contributed by atoms with Crippen LogP contribution in [0.5, 0.6) is 5.75 Å². The van der Waals surface area contributed by atoms with Crippen molar-refractivity contribution < 1.29 is 14.6 Å². The molecule has 0 unspecified atom stereocenters. The molecule has 0 atom stereocenters. The summed E-state index contributed by atoms with van der Waals surface area (Å²) >= 11 is 6.20. The van der Waals surface area contributed by atoms with Gasteiger partial charge >= 0.3 is 0 Å². The van der Waals surface area contributed by atoms with E-state index < -0.39 is 0 Å². The van der Waals surface area contributed by atoms with E-state index in [9.17, 15) is 9.90 Å². The van der Waals surface area contributed by atoms with Crippen LogP contribution in [0.2, 0.25) is 5.02 Å². The summed E-state index contributed by atoms with van der Waals surface area (Å²) in [4.78, 5) is 16.3. The SMILES string of the molecule is O=C(Nc1cnccc1CO)c1ccc(OC2CCC2)cc1Cl. The lowest BCUT2D eigenvalue weighted by atomic mass is 9.96. The molecular formula is C17H17ClN2O3. The van der Waals surface area contributed by atoms with E-state index in [-0.39, 0.29) is 18.6 Å². The van der Waals surface area contributed by atoms with Gasteiger partial charge in [-0.1, -0.05) is 11.6 Å². The molecule has 1 amide bonds. The molecule has 0 spiro atoms. The van der Waals surface area contributed by atoms with E-state index in [0.29, 0.717) is 27.6 Å². The molecule has 1 aliphatic rings. The first kappa shape index (κ1) is 15.8. The van der Waals surface area contributed by atoms with Crippen LogP contribution < -0.4 is 10.1 Å². The summed E-state index contributed by atoms with van der Waals surface area (Å²) in [5.41, 5.74) is 1.40. The Labute approximate surface area is 139 Å². The van der Waals surface area contributed by atoms with Crippen LogP contribution in [0.4, 0.5) is 5.69 Å². The van der Waals surface area contributed by atoms with Gasteiger partial charge in [-0.05, 0) is 43.5 Å². The molecule has 120 valence electrons. The Morgan fingerprint density at radius 1 is 1.39 bits per heavy atom. The number of aliphatic hydroxyl groups is 1. The minimum atomic E-state index is -0.354. The molecule has 1 aromatic heterocycles. The van der Waals surface area contributed by atoms with Crippen LogP contribution in [0, 0.1) is 0 Å². The highest BCUT2D eigenvalue weighted by atomic mass is 35.5. The van der Waals surface area contributed by atoms with Crippen LogP contribution in [0.1, 0.15) is 35.2 Å². The number of carbonyl (C=O) groups is 1. The monoisotopic (exact) mass is 332 g/mol. The number of ether oxygens (including phenoxy) is 1. The smallest absolute Gasteiger partial charge is 0.257 e. The summed E-state index contributed by atoms with van der Waals surface area (Å²) in [6, 6.07) is 6.69. The van der Waals surface area contributed by atoms with Gasteiger partial charge in [-0.2, -0.15) is 0 Å². The standard InChI is InChI=1S/C17H17ClN2O3/c18-15-8-13(23-12-2-1-3-12)4-5-14(15)17(22)20-16-9-19-7-6-11(16)10-21/h4-9,12,21H,1-3,10H2,(H,20,22). The zero-order valence-corrected chi connectivity index (χ0v) is 13.2. The fraction of sp³-hybridized carbons (Fsp3) is 0.294. The molecule has 3 rings (SSSR count). The van der Waals surface area contributed by atoms with Crippen molar-refractivity contribution in [2.45, 2.75) is 32.0 Å². The Balaban J connectivity index is 1.74. The molecule has 23 heavy (non-hydrogen) atoms. The lowest BCUT2D eigenvalue weighted by Gasteiger charge is -2.26. The van der Waals surface area contributed by atoms with Crippen molar-refractivity contribution in [3.05, 3.63) is 52.8 Å². The van der Waals surface area contributed by atoms with Crippen molar-refractivity contribution >= 4 is 23.2 Å². The van der Waals surface area contributed by atoms with Crippen molar-refractivity contribution in [2.24, 2.45) is 0 Å². The molecule has 2 aromatic rings. The third-order valence-corrected chi connectivity index (χ3v) is 4.18. The Hall–Kier alpha value is -2.11. The average Bonchev–Trinajstić information content (AvgIpc) is 2.51. The lowest BCUT2D eigenvalue weighted by Crippen LogP contribution is -2.24. The molecule has 1 fully saturated rings. The number of rotatable bonds is 5. The fourth-order valence-corrected chi connectivity index (χ4v) is 2.55. The maximum Gasteiger partial charge on any atom is 0.257 e. The molecule has 0 saturated heterocycles. The maximum absolute atomic E-state index is 12.4. The van der Waals surface area contributed by atoms with E-state index in [4.69, 9.17) is 16.3 Å². The zero-order valence-electron chi connectivity index (χ0n) is 12.5. The topological polar surface area (TPSA) is 71.5 Å². The van der Waals surface area contributed by atoms with Crippen LogP contribution in [0.3, 0.4) is 0 Å². The number of amides is 1. The molecule has 0 radical (unpaired) electrons. The Morgan fingerprint density at radius 2 is 2.22 bits per heavy atom. The third kappa shape index (κ3) is 3.63. The Morgan fingerprint density at radius 3 is 2.87 bits per heavy atom. The van der Waals surface area contributed by atoms with Gasteiger partial charge in [0.25, 0.3) is 5.91 Å². The van der Waals surface area contributed by atoms with E-state index >= 15 is 0 Å². The molecule has 1 heterocycles. The predicted octanol–water partition coefficient (Wildman–Crippen LogP) is 3.41. The second kappa shape index (κ2) is 6.98. The third-order valence-electron chi connectivity index (χ3n) is 3.87. The molecule has 1 aliphatic carbocycles. The number of aliphatic hydroxyl groups excluding tert-OH is 1. The number of carbonyl (C=O) groups excluding carboxylic acids is 1. The minimum absolute atomic E-state index is 0.181. The van der Waals surface area contributed by atoms with Crippen LogP contribution in [0.15, 0.2) is 36.7 Å². The number of aromatic nitrogens is 1. The number of halogens is 1. The number of anilines is 1. The van der Waals surface area contributed by atoms with Gasteiger partial charge in [0, 0.05) is 11.8 Å². The molecule has 5 nitrogen and oxygen atoms in total. The number of hydrogen-bond acceptors (Lipinski definition) is 4. The summed E-state index contributed by atoms with van der Waals surface area (Å²) in [7, 11) is 0. The van der Waals surface area contributed by atoms with E-state index in [0.717, 1.165) is 12.8 Å². The van der Waals surface area contributed by atoms with Crippen molar-refractivity contribution in [2.75, 3.05) is 5.32 Å². The lowest BCUT2D eigenvalue weighted by molar-refractivity contribution is 0.102. The molecule has 1 aromatic carbocycles. The molecule has 6 heteroatoms. The summed E-state index contributed by atoms with van der Waals surface area (Å²) in [6.07, 6.45) is 6.62. The Bertz CT molecular complexity index is 717. The predicted molar refractivity (Wildman–Crippen MR) is 87.8 cm³/mol. The normalized spacial score (nSPS) is 14.2. The van der Waals surface area contributed by atoms with Crippen molar-refractivity contribution in [3.8, 4) is 5.75 Å². The zero-order chi connectivity index (χ0) is 16.2. The maximum atomic E-state index is 12.4. The van der Waals surface area contributed by atoms with Gasteiger partial charge in [-0.25, -0.2) is 0 Å². The second-order valence-electron chi connectivity index (χ2n) is 5.46. The van der Waals surface area contributed by atoms with Gasteiger partial charge in [-0.15, -0.1) is 0 Å². The number of benzene rings is 1. The van der Waals surface area contributed by atoms with Gasteiger partial charge in [-0.3, -0.25) is 9.78 Å². The molecule has 2 N–H and O–H groups in total. The first-order valence-electron chi connectivity index (χ1n) is 7.48. The molecular weight excluding hydrogens is 316 g/mol. The molecule has 0 aliphatic heterocycles. The summed E-state index contributed by atoms with van der Waals surface area (Å²) < 4.78 is 5.76. The van der Waals surface area contributed by atoms with Crippen LogP contribution >= 0.6 is 11.6 Å². The van der Waals surface area contributed by atoms with Crippen molar-refractivity contribution in [1.29, 1.82) is 0 Å². The van der Waals surface area contributed by atoms with Crippen LogP contribution in [-0.4, -0.2) is 22.1 Å². The van der Waals surface area contributed by atoms with Gasteiger partial charge in [0.2, 0.25) is 0 Å². The number of pyridine rings is 1. The highest BCUT2D eigenvalue weighted by molar-refractivity contribution is 6.34. The summed E-state index contributed by atoms with van der Waals surface area (Å²) in [6.45, 7) is -0.181. The summed E-state index contributed by atoms with van der Waals surface area (Å²) in [5.74, 6) is 0.321. The highest BCUT2D eigenvalue weighted by Gasteiger charge is 2.20. The van der Waals surface area contributed by atoms with Gasteiger partial charge < -0.3 is 15.2 Å². The number of hydrogen-bond donors (Lipinski definition) is 2. The van der Waals surface area contributed by atoms with E-state index in [1.54, 1.807) is 30.5 Å². The fourth-order valence-electron chi connectivity index (χ4n) is 2.30. The number of nitrogens with one attached hydrogen (secondary N) is 1. The van der Waals surface area contributed by atoms with E-state index in [1.165, 1.54) is 12.6 Å². The van der Waals surface area contributed by atoms with E-state index in [1.807, 2.05) is 0 Å². The van der Waals surface area contributed by atoms with Gasteiger partial charge in [0.15, 0.2) is 0 Å². The molecule has 0 bridgehead atoms. The summed E-state index contributed by atoms with van der Waals surface area (Å²) in [5, 5.41) is 12.3. The second-order valence-corrected chi connectivity index (χ2v) is 5.86. The quantitative estimate of drug-likeness (QED) is 0.880. The first-order chi connectivity index (χ1) is 11.2.